The van der Waals surface area contributed by atoms with E-state index in [0.29, 0.717) is 0 Å². The first-order valence-corrected chi connectivity index (χ1v) is 7.36. The van der Waals surface area contributed by atoms with Gasteiger partial charge in [0.1, 0.15) is 5.84 Å². The Morgan fingerprint density at radius 1 is 1.00 bits per heavy atom. The first kappa shape index (κ1) is 13.8. The Bertz CT molecular complexity index is 616. The second-order valence-corrected chi connectivity index (χ2v) is 5.24. The van der Waals surface area contributed by atoms with E-state index in [4.69, 9.17) is 9.73 Å². The minimum Gasteiger partial charge on any atom is -0.378 e. The molecule has 2 aromatic carbocycles. The maximum absolute atomic E-state index is 5.46. The molecule has 3 heteroatoms. The van der Waals surface area contributed by atoms with E-state index in [1.54, 1.807) is 0 Å². The normalized spacial score (nSPS) is 16.0. The molecule has 0 atom stereocenters. The number of aliphatic imine (C=N–C) groups is 1. The average Bonchev–Trinajstić information content (AvgIpc) is 2.54. The first-order chi connectivity index (χ1) is 10.3. The van der Waals surface area contributed by atoms with Crippen molar-refractivity contribution in [1.29, 1.82) is 0 Å². The zero-order chi connectivity index (χ0) is 14.5. The number of morpholine rings is 1. The third-order valence-corrected chi connectivity index (χ3v) is 3.58. The Hall–Kier alpha value is -2.13. The van der Waals surface area contributed by atoms with Crippen molar-refractivity contribution in [3.05, 3.63) is 65.7 Å². The molecule has 3 nitrogen and oxygen atoms in total. The van der Waals surface area contributed by atoms with Crippen molar-refractivity contribution < 1.29 is 4.74 Å². The number of hydrogen-bond donors (Lipinski definition) is 0. The predicted octanol–water partition coefficient (Wildman–Crippen LogP) is 3.41. The highest BCUT2D eigenvalue weighted by atomic mass is 16.5. The Kier molecular flexibility index (Phi) is 4.31. The highest BCUT2D eigenvalue weighted by molar-refractivity contribution is 6.00. The highest BCUT2D eigenvalue weighted by Crippen LogP contribution is 2.18. The Balaban J connectivity index is 1.99. The molecular formula is C18H20N2O. The van der Waals surface area contributed by atoms with Crippen LogP contribution in [0.4, 0.5) is 5.69 Å². The van der Waals surface area contributed by atoms with E-state index < -0.39 is 0 Å². The van der Waals surface area contributed by atoms with Gasteiger partial charge in [-0.1, -0.05) is 42.5 Å². The molecule has 108 valence electrons. The van der Waals surface area contributed by atoms with Gasteiger partial charge in [0.25, 0.3) is 0 Å². The van der Waals surface area contributed by atoms with Crippen LogP contribution in [0, 0.1) is 6.92 Å². The van der Waals surface area contributed by atoms with Gasteiger partial charge < -0.3 is 9.64 Å². The van der Waals surface area contributed by atoms with Gasteiger partial charge in [0.05, 0.1) is 18.9 Å². The van der Waals surface area contributed by atoms with Crippen molar-refractivity contribution in [2.24, 2.45) is 4.99 Å². The molecule has 2 aromatic rings. The van der Waals surface area contributed by atoms with Crippen LogP contribution in [-0.4, -0.2) is 37.0 Å². The van der Waals surface area contributed by atoms with Crippen molar-refractivity contribution in [3.63, 3.8) is 0 Å². The van der Waals surface area contributed by atoms with Gasteiger partial charge in [0, 0.05) is 18.7 Å². The molecule has 3 rings (SSSR count). The molecule has 0 aliphatic carbocycles. The lowest BCUT2D eigenvalue weighted by Gasteiger charge is -2.30. The molecule has 0 spiro atoms. The smallest absolute Gasteiger partial charge is 0.136 e. The SMILES string of the molecule is Cc1cccc(N=C(c2ccccc2)N2CCOCC2)c1. The van der Waals surface area contributed by atoms with Crippen molar-refractivity contribution in [1.82, 2.24) is 4.90 Å². The lowest BCUT2D eigenvalue weighted by atomic mass is 10.1. The van der Waals surface area contributed by atoms with Crippen LogP contribution in [0.2, 0.25) is 0 Å². The summed E-state index contributed by atoms with van der Waals surface area (Å²) < 4.78 is 5.46. The van der Waals surface area contributed by atoms with Crippen molar-refractivity contribution >= 4 is 11.5 Å². The van der Waals surface area contributed by atoms with Crippen molar-refractivity contribution in [2.75, 3.05) is 26.3 Å². The standard InChI is InChI=1S/C18H20N2O/c1-15-6-5-9-17(14-15)19-18(16-7-3-2-4-8-16)20-10-12-21-13-11-20/h2-9,14H,10-13H2,1H3. The quantitative estimate of drug-likeness (QED) is 0.622. The van der Waals surface area contributed by atoms with E-state index in [0.717, 1.165) is 43.4 Å². The average molecular weight is 280 g/mol. The van der Waals surface area contributed by atoms with Crippen LogP contribution in [0.5, 0.6) is 0 Å². The number of benzene rings is 2. The Morgan fingerprint density at radius 3 is 2.48 bits per heavy atom. The van der Waals surface area contributed by atoms with Gasteiger partial charge >= 0.3 is 0 Å². The van der Waals surface area contributed by atoms with E-state index in [9.17, 15) is 0 Å². The van der Waals surface area contributed by atoms with Crippen LogP contribution in [-0.2, 0) is 4.74 Å². The van der Waals surface area contributed by atoms with Crippen LogP contribution in [0.25, 0.3) is 0 Å². The molecule has 21 heavy (non-hydrogen) atoms. The lowest BCUT2D eigenvalue weighted by molar-refractivity contribution is 0.0683. The van der Waals surface area contributed by atoms with E-state index in [2.05, 4.69) is 60.4 Å². The summed E-state index contributed by atoms with van der Waals surface area (Å²) in [6, 6.07) is 18.7. The third kappa shape index (κ3) is 3.50. The fourth-order valence-corrected chi connectivity index (χ4v) is 2.50. The highest BCUT2D eigenvalue weighted by Gasteiger charge is 2.16. The summed E-state index contributed by atoms with van der Waals surface area (Å²) in [5, 5.41) is 0. The van der Waals surface area contributed by atoms with E-state index in [1.807, 2.05) is 6.07 Å². The van der Waals surface area contributed by atoms with Crippen LogP contribution < -0.4 is 0 Å². The van der Waals surface area contributed by atoms with Gasteiger partial charge in [-0.05, 0) is 24.6 Å². The molecule has 1 heterocycles. The third-order valence-electron chi connectivity index (χ3n) is 3.58. The summed E-state index contributed by atoms with van der Waals surface area (Å²) in [4.78, 5) is 7.21. The molecule has 0 unspecified atom stereocenters. The lowest BCUT2D eigenvalue weighted by Crippen LogP contribution is -2.41. The summed E-state index contributed by atoms with van der Waals surface area (Å²) >= 11 is 0. The molecule has 1 saturated heterocycles. The molecule has 0 amide bonds. The summed E-state index contributed by atoms with van der Waals surface area (Å²) in [5.74, 6) is 1.03. The topological polar surface area (TPSA) is 24.8 Å². The van der Waals surface area contributed by atoms with Crippen LogP contribution in [0.15, 0.2) is 59.6 Å². The van der Waals surface area contributed by atoms with E-state index in [-0.39, 0.29) is 0 Å². The van der Waals surface area contributed by atoms with Gasteiger partial charge in [-0.25, -0.2) is 4.99 Å². The zero-order valence-electron chi connectivity index (χ0n) is 12.3. The number of hydrogen-bond acceptors (Lipinski definition) is 2. The summed E-state index contributed by atoms with van der Waals surface area (Å²) in [5.41, 5.74) is 3.38. The zero-order valence-corrected chi connectivity index (χ0v) is 12.3. The fraction of sp³-hybridized carbons (Fsp3) is 0.278. The van der Waals surface area contributed by atoms with Gasteiger partial charge in [-0.3, -0.25) is 0 Å². The molecule has 1 aliphatic heterocycles. The van der Waals surface area contributed by atoms with Crippen LogP contribution >= 0.6 is 0 Å². The number of nitrogens with zero attached hydrogens (tertiary/aromatic N) is 2. The first-order valence-electron chi connectivity index (χ1n) is 7.36. The predicted molar refractivity (Wildman–Crippen MR) is 86.2 cm³/mol. The van der Waals surface area contributed by atoms with Crippen LogP contribution in [0.1, 0.15) is 11.1 Å². The number of rotatable bonds is 2. The summed E-state index contributed by atoms with van der Waals surface area (Å²) in [6.45, 7) is 5.40. The second-order valence-electron chi connectivity index (χ2n) is 5.24. The number of ether oxygens (including phenoxy) is 1. The van der Waals surface area contributed by atoms with Gasteiger partial charge in [-0.2, -0.15) is 0 Å². The second kappa shape index (κ2) is 6.55. The van der Waals surface area contributed by atoms with E-state index >= 15 is 0 Å². The number of amidine groups is 1. The molecule has 0 aromatic heterocycles. The van der Waals surface area contributed by atoms with Crippen LogP contribution in [0.3, 0.4) is 0 Å². The number of aryl methyl sites for hydroxylation is 1. The molecule has 1 aliphatic rings. The molecule has 0 bridgehead atoms. The maximum Gasteiger partial charge on any atom is 0.136 e. The molecule has 0 saturated carbocycles. The molecule has 1 fully saturated rings. The van der Waals surface area contributed by atoms with Gasteiger partial charge in [-0.15, -0.1) is 0 Å². The van der Waals surface area contributed by atoms with Crippen molar-refractivity contribution in [3.8, 4) is 0 Å². The van der Waals surface area contributed by atoms with Crippen molar-refractivity contribution in [2.45, 2.75) is 6.92 Å². The molecule has 0 N–H and O–H groups in total. The molecular weight excluding hydrogens is 260 g/mol. The maximum atomic E-state index is 5.46. The monoisotopic (exact) mass is 280 g/mol. The molecule has 0 radical (unpaired) electrons. The Labute approximate surface area is 125 Å². The minimum absolute atomic E-state index is 0.764. The largest absolute Gasteiger partial charge is 0.378 e. The van der Waals surface area contributed by atoms with E-state index in [1.165, 1.54) is 5.56 Å². The summed E-state index contributed by atoms with van der Waals surface area (Å²) in [6.07, 6.45) is 0. The van der Waals surface area contributed by atoms with Gasteiger partial charge in [0.2, 0.25) is 0 Å². The Morgan fingerprint density at radius 2 is 1.76 bits per heavy atom. The summed E-state index contributed by atoms with van der Waals surface area (Å²) in [7, 11) is 0. The fourth-order valence-electron chi connectivity index (χ4n) is 2.50. The minimum atomic E-state index is 0.764. The van der Waals surface area contributed by atoms with Gasteiger partial charge in [0.15, 0.2) is 0 Å².